The maximum atomic E-state index is 13.4. The second kappa shape index (κ2) is 9.32. The number of hydrogen-bond donors (Lipinski definition) is 0. The molecule has 2 aliphatic heterocycles. The van der Waals surface area contributed by atoms with Crippen molar-refractivity contribution in [3.63, 3.8) is 0 Å². The van der Waals surface area contributed by atoms with Crippen molar-refractivity contribution in [2.24, 2.45) is 10.9 Å². The number of piperidine rings is 1. The molecular formula is C24H26BrN3O3. The lowest BCUT2D eigenvalue weighted by molar-refractivity contribution is -0.149. The van der Waals surface area contributed by atoms with Gasteiger partial charge in [0.15, 0.2) is 0 Å². The van der Waals surface area contributed by atoms with Gasteiger partial charge in [0.2, 0.25) is 0 Å². The van der Waals surface area contributed by atoms with E-state index in [1.54, 1.807) is 4.90 Å². The fraction of sp³-hybridized carbons (Fsp3) is 0.375. The minimum absolute atomic E-state index is 0.115. The maximum absolute atomic E-state index is 13.4. The molecule has 2 aromatic rings. The summed E-state index contributed by atoms with van der Waals surface area (Å²) < 4.78 is 6.17. The van der Waals surface area contributed by atoms with E-state index in [2.05, 4.69) is 20.8 Å². The van der Waals surface area contributed by atoms with Crippen molar-refractivity contribution in [2.75, 3.05) is 31.3 Å². The molecule has 2 aliphatic rings. The first kappa shape index (κ1) is 21.7. The summed E-state index contributed by atoms with van der Waals surface area (Å²) >= 11 is 3.54. The number of amides is 1. The molecule has 0 bridgehead atoms. The van der Waals surface area contributed by atoms with E-state index in [1.807, 2.05) is 56.3 Å². The first-order valence-corrected chi connectivity index (χ1v) is 11.4. The molecule has 6 nitrogen and oxygen atoms in total. The van der Waals surface area contributed by atoms with Crippen LogP contribution in [0.5, 0.6) is 0 Å². The lowest BCUT2D eigenvalue weighted by Gasteiger charge is -2.34. The van der Waals surface area contributed by atoms with E-state index in [1.165, 1.54) is 0 Å². The van der Waals surface area contributed by atoms with Gasteiger partial charge in [0.05, 0.1) is 30.6 Å². The van der Waals surface area contributed by atoms with Gasteiger partial charge in [-0.05, 0) is 57.0 Å². The van der Waals surface area contributed by atoms with E-state index in [-0.39, 0.29) is 17.8 Å². The normalized spacial score (nSPS) is 20.2. The summed E-state index contributed by atoms with van der Waals surface area (Å²) in [5.74, 6) is -0.400. The minimum atomic E-state index is -0.146. The van der Waals surface area contributed by atoms with Crippen molar-refractivity contribution in [3.05, 3.63) is 58.1 Å². The monoisotopic (exact) mass is 483 g/mol. The Labute approximate surface area is 191 Å². The van der Waals surface area contributed by atoms with Crippen LogP contribution < -0.4 is 4.90 Å². The van der Waals surface area contributed by atoms with Crippen molar-refractivity contribution in [1.82, 2.24) is 4.90 Å². The molecule has 0 N–H and O–H groups in total. The van der Waals surface area contributed by atoms with Gasteiger partial charge in [-0.3, -0.25) is 19.4 Å². The zero-order chi connectivity index (χ0) is 22.0. The van der Waals surface area contributed by atoms with Gasteiger partial charge >= 0.3 is 5.97 Å². The van der Waals surface area contributed by atoms with Crippen LogP contribution in [0.2, 0.25) is 0 Å². The van der Waals surface area contributed by atoms with Crippen LogP contribution in [0.25, 0.3) is 0 Å². The molecule has 0 spiro atoms. The van der Waals surface area contributed by atoms with E-state index < -0.39 is 0 Å². The van der Waals surface area contributed by atoms with Crippen LogP contribution in [0.3, 0.4) is 0 Å². The lowest BCUT2D eigenvalue weighted by atomic mass is 9.98. The predicted octanol–water partition coefficient (Wildman–Crippen LogP) is 4.46. The SMILES string of the molecule is CCOC(=O)[C@@H]1CCCN(CN2C(=O)C(=Nc3ccc(C)c(Br)c3)c3ccccc32)C1. The highest BCUT2D eigenvalue weighted by molar-refractivity contribution is 9.10. The highest BCUT2D eigenvalue weighted by atomic mass is 79.9. The third-order valence-corrected chi connectivity index (χ3v) is 6.62. The summed E-state index contributed by atoms with van der Waals surface area (Å²) in [5.41, 5.74) is 3.99. The first-order valence-electron chi connectivity index (χ1n) is 10.6. The smallest absolute Gasteiger partial charge is 0.310 e. The third-order valence-electron chi connectivity index (χ3n) is 5.76. The van der Waals surface area contributed by atoms with E-state index in [0.29, 0.717) is 25.5 Å². The molecule has 7 heteroatoms. The number of halogens is 1. The summed E-state index contributed by atoms with van der Waals surface area (Å²) in [7, 11) is 0. The molecule has 162 valence electrons. The van der Waals surface area contributed by atoms with E-state index in [9.17, 15) is 9.59 Å². The number of esters is 1. The van der Waals surface area contributed by atoms with Gasteiger partial charge in [-0.15, -0.1) is 0 Å². The van der Waals surface area contributed by atoms with E-state index in [4.69, 9.17) is 9.73 Å². The van der Waals surface area contributed by atoms with Gasteiger partial charge in [0.25, 0.3) is 5.91 Å². The molecule has 2 heterocycles. The number of carbonyl (C=O) groups is 2. The Balaban J connectivity index is 1.58. The van der Waals surface area contributed by atoms with Crippen LogP contribution in [-0.4, -0.2) is 48.9 Å². The number of para-hydroxylation sites is 1. The molecule has 1 atom stereocenters. The number of aliphatic imine (C=N–C) groups is 1. The average molecular weight is 484 g/mol. The van der Waals surface area contributed by atoms with Crippen LogP contribution >= 0.6 is 15.9 Å². The van der Waals surface area contributed by atoms with Crippen molar-refractivity contribution in [3.8, 4) is 0 Å². The summed E-state index contributed by atoms with van der Waals surface area (Å²) in [6.07, 6.45) is 1.74. The summed E-state index contributed by atoms with van der Waals surface area (Å²) in [4.78, 5) is 34.2. The molecule has 2 aromatic carbocycles. The topological polar surface area (TPSA) is 62.2 Å². The van der Waals surface area contributed by atoms with Gasteiger partial charge in [-0.1, -0.05) is 40.2 Å². The summed E-state index contributed by atoms with van der Waals surface area (Å²) in [5, 5.41) is 0. The molecule has 0 radical (unpaired) electrons. The number of ether oxygens (including phenoxy) is 1. The zero-order valence-corrected chi connectivity index (χ0v) is 19.4. The fourth-order valence-electron chi connectivity index (χ4n) is 4.13. The van der Waals surface area contributed by atoms with Gasteiger partial charge in [-0.2, -0.15) is 0 Å². The highest BCUT2D eigenvalue weighted by Gasteiger charge is 2.36. The number of fused-ring (bicyclic) bond motifs is 1. The molecule has 1 fully saturated rings. The Morgan fingerprint density at radius 2 is 2.06 bits per heavy atom. The van der Waals surface area contributed by atoms with Crippen LogP contribution in [0.1, 0.15) is 30.9 Å². The maximum Gasteiger partial charge on any atom is 0.310 e. The standard InChI is InChI=1S/C24H26BrN3O3/c1-3-31-24(30)17-7-6-12-27(14-17)15-28-21-9-5-4-8-19(21)22(23(28)29)26-18-11-10-16(2)20(25)13-18/h4-5,8-11,13,17H,3,6-7,12,14-15H2,1-2H3/t17-/m1/s1. The Hall–Kier alpha value is -2.51. The minimum Gasteiger partial charge on any atom is -0.466 e. The predicted molar refractivity (Wildman–Crippen MR) is 125 cm³/mol. The number of carbonyl (C=O) groups excluding carboxylic acids is 2. The quantitative estimate of drug-likeness (QED) is 0.589. The van der Waals surface area contributed by atoms with Crippen molar-refractivity contribution >= 4 is 44.9 Å². The number of nitrogens with zero attached hydrogens (tertiary/aromatic N) is 3. The van der Waals surface area contributed by atoms with Gasteiger partial charge in [0, 0.05) is 16.6 Å². The van der Waals surface area contributed by atoms with E-state index >= 15 is 0 Å². The van der Waals surface area contributed by atoms with Crippen molar-refractivity contribution < 1.29 is 14.3 Å². The number of hydrogen-bond acceptors (Lipinski definition) is 5. The molecule has 0 saturated carbocycles. The fourth-order valence-corrected chi connectivity index (χ4v) is 4.49. The number of benzene rings is 2. The summed E-state index contributed by atoms with van der Waals surface area (Å²) in [6, 6.07) is 13.6. The molecule has 0 aromatic heterocycles. The molecular weight excluding hydrogens is 458 g/mol. The summed E-state index contributed by atoms with van der Waals surface area (Å²) in [6.45, 7) is 6.11. The average Bonchev–Trinajstić information content (AvgIpc) is 3.03. The zero-order valence-electron chi connectivity index (χ0n) is 17.8. The second-order valence-corrected chi connectivity index (χ2v) is 8.81. The molecule has 0 unspecified atom stereocenters. The van der Waals surface area contributed by atoms with Gasteiger partial charge < -0.3 is 4.74 Å². The largest absolute Gasteiger partial charge is 0.466 e. The molecule has 0 aliphatic carbocycles. The number of likely N-dealkylation sites (tertiary alicyclic amines) is 1. The molecule has 1 saturated heterocycles. The van der Waals surface area contributed by atoms with Gasteiger partial charge in [0.1, 0.15) is 5.71 Å². The second-order valence-electron chi connectivity index (χ2n) is 7.95. The molecule has 1 amide bonds. The van der Waals surface area contributed by atoms with Gasteiger partial charge in [-0.25, -0.2) is 4.99 Å². The Kier molecular flexibility index (Phi) is 6.53. The third kappa shape index (κ3) is 4.57. The number of anilines is 1. The van der Waals surface area contributed by atoms with Crippen LogP contribution in [0.15, 0.2) is 51.9 Å². The molecule has 31 heavy (non-hydrogen) atoms. The van der Waals surface area contributed by atoms with Crippen LogP contribution in [0, 0.1) is 12.8 Å². The van der Waals surface area contributed by atoms with Crippen molar-refractivity contribution in [1.29, 1.82) is 0 Å². The number of rotatable bonds is 5. The lowest BCUT2D eigenvalue weighted by Crippen LogP contribution is -2.47. The van der Waals surface area contributed by atoms with Crippen molar-refractivity contribution in [2.45, 2.75) is 26.7 Å². The Bertz CT molecular complexity index is 1040. The molecule has 4 rings (SSSR count). The first-order chi connectivity index (χ1) is 15.0. The Morgan fingerprint density at radius 3 is 2.84 bits per heavy atom. The van der Waals surface area contributed by atoms with E-state index in [0.717, 1.165) is 46.4 Å². The van der Waals surface area contributed by atoms with Crippen LogP contribution in [0.4, 0.5) is 11.4 Å². The highest BCUT2D eigenvalue weighted by Crippen LogP contribution is 2.32. The van der Waals surface area contributed by atoms with Crippen LogP contribution in [-0.2, 0) is 14.3 Å². The number of aryl methyl sites for hydroxylation is 1. The Morgan fingerprint density at radius 1 is 1.26 bits per heavy atom.